The van der Waals surface area contributed by atoms with Gasteiger partial charge in [-0.3, -0.25) is 13.9 Å². The van der Waals surface area contributed by atoms with Gasteiger partial charge in [0, 0.05) is 17.1 Å². The predicted octanol–water partition coefficient (Wildman–Crippen LogP) is 6.08. The Bertz CT molecular complexity index is 1440. The molecule has 0 unspecified atom stereocenters. The van der Waals surface area contributed by atoms with Gasteiger partial charge in [-0.2, -0.15) is 0 Å². The zero-order valence-electron chi connectivity index (χ0n) is 22.5. The SMILES string of the molecule is Cc1ccc(S(=O)(=O)N(CC(=O)N(Cc2ccc(Br)cc2)[C@@H](C)C(=O)NC2CCCC2)c2ccccc2Cl)cc1. The third-order valence-corrected chi connectivity index (χ3v) is 9.77. The molecule has 10 heteroatoms. The van der Waals surface area contributed by atoms with Gasteiger partial charge < -0.3 is 10.2 Å². The minimum absolute atomic E-state index is 0.0392. The molecule has 0 aliphatic heterocycles. The fraction of sp³-hybridized carbons (Fsp3) is 0.333. The molecule has 1 fully saturated rings. The van der Waals surface area contributed by atoms with Gasteiger partial charge in [-0.25, -0.2) is 8.42 Å². The summed E-state index contributed by atoms with van der Waals surface area (Å²) in [5.41, 5.74) is 1.90. The van der Waals surface area contributed by atoms with Gasteiger partial charge in [-0.15, -0.1) is 0 Å². The number of nitrogens with one attached hydrogen (secondary N) is 1. The van der Waals surface area contributed by atoms with E-state index in [1.54, 1.807) is 43.3 Å². The topological polar surface area (TPSA) is 86.8 Å². The molecule has 1 atom stereocenters. The van der Waals surface area contributed by atoms with Crippen LogP contribution < -0.4 is 9.62 Å². The summed E-state index contributed by atoms with van der Waals surface area (Å²) in [4.78, 5) is 28.8. The lowest BCUT2D eigenvalue weighted by molar-refractivity contribution is -0.139. The first-order chi connectivity index (χ1) is 19.1. The lowest BCUT2D eigenvalue weighted by atomic mass is 10.1. The van der Waals surface area contributed by atoms with Crippen LogP contribution in [0.3, 0.4) is 0 Å². The van der Waals surface area contributed by atoms with Crippen LogP contribution in [-0.4, -0.2) is 43.8 Å². The average molecular weight is 647 g/mol. The Morgan fingerprint density at radius 3 is 2.25 bits per heavy atom. The molecule has 0 heterocycles. The van der Waals surface area contributed by atoms with E-state index in [9.17, 15) is 18.0 Å². The van der Waals surface area contributed by atoms with Crippen LogP contribution in [0.5, 0.6) is 0 Å². The van der Waals surface area contributed by atoms with Gasteiger partial charge in [0.15, 0.2) is 0 Å². The van der Waals surface area contributed by atoms with Gasteiger partial charge in [-0.1, -0.05) is 82.3 Å². The smallest absolute Gasteiger partial charge is 0.264 e. The Labute approximate surface area is 249 Å². The predicted molar refractivity (Wildman–Crippen MR) is 162 cm³/mol. The number of benzene rings is 3. The first-order valence-electron chi connectivity index (χ1n) is 13.2. The Morgan fingerprint density at radius 2 is 1.62 bits per heavy atom. The van der Waals surface area contributed by atoms with Crippen molar-refractivity contribution in [2.45, 2.75) is 63.1 Å². The number of halogens is 2. The normalized spacial score (nSPS) is 14.5. The van der Waals surface area contributed by atoms with Gasteiger partial charge in [0.05, 0.1) is 15.6 Å². The number of hydrogen-bond acceptors (Lipinski definition) is 4. The lowest BCUT2D eigenvalue weighted by Gasteiger charge is -2.32. The second-order valence-corrected chi connectivity index (χ2v) is 13.3. The Balaban J connectivity index is 1.69. The maximum absolute atomic E-state index is 14.0. The summed E-state index contributed by atoms with van der Waals surface area (Å²) in [6, 6.07) is 19.6. The van der Waals surface area contributed by atoms with Crippen molar-refractivity contribution in [1.29, 1.82) is 0 Å². The van der Waals surface area contributed by atoms with Crippen molar-refractivity contribution < 1.29 is 18.0 Å². The molecule has 0 bridgehead atoms. The second kappa shape index (κ2) is 13.2. The molecule has 212 valence electrons. The van der Waals surface area contributed by atoms with Gasteiger partial charge in [0.25, 0.3) is 10.0 Å². The van der Waals surface area contributed by atoms with Crippen LogP contribution in [0.2, 0.25) is 5.02 Å². The number of aryl methyl sites for hydroxylation is 1. The lowest BCUT2D eigenvalue weighted by Crippen LogP contribution is -2.52. The highest BCUT2D eigenvalue weighted by Gasteiger charge is 2.34. The number of rotatable bonds is 10. The van der Waals surface area contributed by atoms with Gasteiger partial charge in [0.2, 0.25) is 11.8 Å². The Hall–Kier alpha value is -2.88. The van der Waals surface area contributed by atoms with E-state index in [4.69, 9.17) is 11.6 Å². The highest BCUT2D eigenvalue weighted by Crippen LogP contribution is 2.31. The number of anilines is 1. The molecule has 1 saturated carbocycles. The van der Waals surface area contributed by atoms with E-state index < -0.39 is 28.5 Å². The summed E-state index contributed by atoms with van der Waals surface area (Å²) in [5.74, 6) is -0.782. The van der Waals surface area contributed by atoms with Crippen LogP contribution in [0.1, 0.15) is 43.7 Å². The summed E-state index contributed by atoms with van der Waals surface area (Å²) < 4.78 is 29.7. The summed E-state index contributed by atoms with van der Waals surface area (Å²) in [6.45, 7) is 3.14. The van der Waals surface area contributed by atoms with Crippen molar-refractivity contribution in [3.8, 4) is 0 Å². The number of carbonyl (C=O) groups excluding carboxylic acids is 2. The summed E-state index contributed by atoms with van der Waals surface area (Å²) in [5, 5.41) is 3.26. The largest absolute Gasteiger partial charge is 0.352 e. The van der Waals surface area contributed by atoms with Crippen molar-refractivity contribution in [1.82, 2.24) is 10.2 Å². The molecular formula is C30H33BrClN3O4S. The second-order valence-electron chi connectivity index (χ2n) is 10.1. The molecule has 2 amide bonds. The first-order valence-corrected chi connectivity index (χ1v) is 15.9. The van der Waals surface area contributed by atoms with Crippen molar-refractivity contribution in [3.63, 3.8) is 0 Å². The Morgan fingerprint density at radius 1 is 1.00 bits per heavy atom. The molecule has 0 spiro atoms. The third kappa shape index (κ3) is 7.25. The third-order valence-electron chi connectivity index (χ3n) is 7.14. The van der Waals surface area contributed by atoms with Crippen LogP contribution in [0, 0.1) is 6.92 Å². The summed E-state index contributed by atoms with van der Waals surface area (Å²) in [7, 11) is -4.17. The minimum Gasteiger partial charge on any atom is -0.352 e. The van der Waals surface area contributed by atoms with Crippen LogP contribution in [0.4, 0.5) is 5.69 Å². The van der Waals surface area contributed by atoms with Crippen molar-refractivity contribution in [3.05, 3.63) is 93.4 Å². The summed E-state index contributed by atoms with van der Waals surface area (Å²) >= 11 is 9.88. The van der Waals surface area contributed by atoms with Crippen molar-refractivity contribution in [2.24, 2.45) is 0 Å². The fourth-order valence-corrected chi connectivity index (χ4v) is 6.75. The maximum Gasteiger partial charge on any atom is 0.264 e. The van der Waals surface area contributed by atoms with E-state index in [0.717, 1.165) is 45.6 Å². The highest BCUT2D eigenvalue weighted by molar-refractivity contribution is 9.10. The van der Waals surface area contributed by atoms with E-state index in [-0.39, 0.29) is 34.1 Å². The molecule has 1 aliphatic rings. The molecule has 1 aliphatic carbocycles. The number of sulfonamides is 1. The number of amides is 2. The molecule has 0 saturated heterocycles. The molecule has 0 aromatic heterocycles. The number of hydrogen-bond donors (Lipinski definition) is 1. The van der Waals surface area contributed by atoms with Crippen molar-refractivity contribution >= 4 is 55.1 Å². The van der Waals surface area contributed by atoms with E-state index in [1.165, 1.54) is 17.0 Å². The zero-order valence-corrected chi connectivity index (χ0v) is 25.7. The van der Waals surface area contributed by atoms with Gasteiger partial charge >= 0.3 is 0 Å². The van der Waals surface area contributed by atoms with E-state index in [0.29, 0.717) is 0 Å². The van der Waals surface area contributed by atoms with Crippen LogP contribution in [-0.2, 0) is 26.2 Å². The number of para-hydroxylation sites is 1. The molecule has 3 aromatic carbocycles. The molecule has 7 nitrogen and oxygen atoms in total. The quantitative estimate of drug-likeness (QED) is 0.289. The molecule has 40 heavy (non-hydrogen) atoms. The monoisotopic (exact) mass is 645 g/mol. The fourth-order valence-electron chi connectivity index (χ4n) is 4.77. The molecule has 3 aromatic rings. The molecular weight excluding hydrogens is 614 g/mol. The summed E-state index contributed by atoms with van der Waals surface area (Å²) in [6.07, 6.45) is 3.94. The number of carbonyl (C=O) groups is 2. The molecule has 4 rings (SSSR count). The van der Waals surface area contributed by atoms with E-state index >= 15 is 0 Å². The van der Waals surface area contributed by atoms with Crippen LogP contribution in [0.25, 0.3) is 0 Å². The average Bonchev–Trinajstić information content (AvgIpc) is 3.44. The van der Waals surface area contributed by atoms with Crippen LogP contribution >= 0.6 is 27.5 Å². The van der Waals surface area contributed by atoms with E-state index in [1.807, 2.05) is 31.2 Å². The first kappa shape index (κ1) is 30.1. The highest BCUT2D eigenvalue weighted by atomic mass is 79.9. The van der Waals surface area contributed by atoms with Crippen molar-refractivity contribution in [2.75, 3.05) is 10.8 Å². The zero-order chi connectivity index (χ0) is 28.9. The minimum atomic E-state index is -4.17. The van der Waals surface area contributed by atoms with Gasteiger partial charge in [-0.05, 0) is 68.7 Å². The maximum atomic E-state index is 14.0. The molecule has 0 radical (unpaired) electrons. The number of nitrogens with zero attached hydrogens (tertiary/aromatic N) is 2. The molecule has 1 N–H and O–H groups in total. The van der Waals surface area contributed by atoms with Crippen LogP contribution in [0.15, 0.2) is 82.2 Å². The van der Waals surface area contributed by atoms with E-state index in [2.05, 4.69) is 21.2 Å². The van der Waals surface area contributed by atoms with Gasteiger partial charge in [0.1, 0.15) is 12.6 Å². The standard InChI is InChI=1S/C30H33BrClN3O4S/c1-21-11-17-26(18-12-21)40(38,39)35(28-10-6-5-9-27(28)32)20-29(36)34(19-23-13-15-24(31)16-14-23)22(2)30(37)33-25-7-3-4-8-25/h5-6,9-18,22,25H,3-4,7-8,19-20H2,1-2H3,(H,33,37)/t22-/m0/s1. The Kier molecular flexibility index (Phi) is 9.92.